The highest BCUT2D eigenvalue weighted by Crippen LogP contribution is 2.24. The van der Waals surface area contributed by atoms with E-state index in [0.29, 0.717) is 30.6 Å². The van der Waals surface area contributed by atoms with E-state index in [0.717, 1.165) is 28.4 Å². The van der Waals surface area contributed by atoms with Gasteiger partial charge in [0.25, 0.3) is 17.7 Å². The van der Waals surface area contributed by atoms with E-state index in [9.17, 15) is 4.79 Å². The van der Waals surface area contributed by atoms with Crippen LogP contribution < -0.4 is 10.2 Å². The lowest BCUT2D eigenvalue weighted by Crippen LogP contribution is -3.11. The number of amides is 1. The van der Waals surface area contributed by atoms with Crippen molar-refractivity contribution in [1.29, 1.82) is 0 Å². The lowest BCUT2D eigenvalue weighted by atomic mass is 10.3. The van der Waals surface area contributed by atoms with E-state index in [4.69, 9.17) is 8.83 Å². The van der Waals surface area contributed by atoms with E-state index in [1.807, 2.05) is 30.5 Å². The third kappa shape index (κ3) is 5.21. The Morgan fingerprint density at radius 1 is 1.22 bits per heavy atom. The van der Waals surface area contributed by atoms with Crippen molar-refractivity contribution in [3.8, 4) is 11.7 Å². The molecule has 8 heteroatoms. The van der Waals surface area contributed by atoms with Crippen molar-refractivity contribution >= 4 is 23.4 Å². The zero-order valence-corrected chi connectivity index (χ0v) is 16.2. The van der Waals surface area contributed by atoms with E-state index < -0.39 is 0 Å². The topological polar surface area (TPSA) is 85.6 Å². The minimum atomic E-state index is -0.0364. The summed E-state index contributed by atoms with van der Waals surface area (Å²) in [6, 6.07) is 11.3. The Morgan fingerprint density at radius 3 is 2.81 bits per heavy atom. The molecule has 1 amide bonds. The fourth-order valence-corrected chi connectivity index (χ4v) is 3.35. The molecule has 0 fully saturated rings. The molecule has 0 radical (unpaired) electrons. The first-order valence-corrected chi connectivity index (χ1v) is 10.0. The van der Waals surface area contributed by atoms with Crippen LogP contribution in [0.25, 0.3) is 11.7 Å². The Labute approximate surface area is 162 Å². The quantitative estimate of drug-likeness (QED) is 0.549. The van der Waals surface area contributed by atoms with Gasteiger partial charge in [-0.1, -0.05) is 19.1 Å². The second-order valence-corrected chi connectivity index (χ2v) is 6.93. The van der Waals surface area contributed by atoms with Gasteiger partial charge in [-0.3, -0.25) is 4.79 Å². The van der Waals surface area contributed by atoms with Crippen molar-refractivity contribution < 1.29 is 18.5 Å². The molecule has 2 heterocycles. The van der Waals surface area contributed by atoms with Gasteiger partial charge in [0.2, 0.25) is 0 Å². The maximum Gasteiger partial charge on any atom is 0.283 e. The monoisotopic (exact) mass is 387 g/mol. The Morgan fingerprint density at radius 2 is 2.07 bits per heavy atom. The molecule has 3 aromatic rings. The molecular weight excluding hydrogens is 364 g/mol. The van der Waals surface area contributed by atoms with Crippen molar-refractivity contribution in [2.75, 3.05) is 24.7 Å². The van der Waals surface area contributed by atoms with E-state index in [1.165, 1.54) is 0 Å². The van der Waals surface area contributed by atoms with Crippen LogP contribution in [0.3, 0.4) is 0 Å². The first kappa shape index (κ1) is 19.2. The molecule has 1 aromatic carbocycles. The van der Waals surface area contributed by atoms with Gasteiger partial charge in [-0.25, -0.2) is 0 Å². The summed E-state index contributed by atoms with van der Waals surface area (Å²) in [6.45, 7) is 3.73. The summed E-state index contributed by atoms with van der Waals surface area (Å²) in [5.41, 5.74) is 0.837. The largest absolute Gasteiger partial charge is 0.459 e. The van der Waals surface area contributed by atoms with Gasteiger partial charge in [-0.2, -0.15) is 0 Å². The molecule has 27 heavy (non-hydrogen) atoms. The van der Waals surface area contributed by atoms with Crippen LogP contribution in [0.5, 0.6) is 0 Å². The maximum absolute atomic E-state index is 12.5. The summed E-state index contributed by atoms with van der Waals surface area (Å²) in [4.78, 5) is 14.6. The van der Waals surface area contributed by atoms with E-state index >= 15 is 0 Å². The fourth-order valence-electron chi connectivity index (χ4n) is 2.80. The molecule has 7 nitrogen and oxygen atoms in total. The van der Waals surface area contributed by atoms with Crippen LogP contribution in [0.1, 0.15) is 19.2 Å². The Balaban J connectivity index is 1.62. The van der Waals surface area contributed by atoms with Crippen molar-refractivity contribution in [2.24, 2.45) is 0 Å². The Bertz CT molecular complexity index is 863. The second kappa shape index (κ2) is 9.38. The number of para-hydroxylation sites is 1. The predicted octanol–water partition coefficient (Wildman–Crippen LogP) is 2.49. The highest BCUT2D eigenvalue weighted by molar-refractivity contribution is 7.98. The van der Waals surface area contributed by atoms with E-state index in [-0.39, 0.29) is 5.91 Å². The average molecular weight is 387 g/mol. The average Bonchev–Trinajstić information content (AvgIpc) is 3.34. The van der Waals surface area contributed by atoms with Gasteiger partial charge in [-0.05, 0) is 36.9 Å². The van der Waals surface area contributed by atoms with Gasteiger partial charge in [-0.15, -0.1) is 22.0 Å². The minimum Gasteiger partial charge on any atom is -0.459 e. The number of furan rings is 1. The predicted molar refractivity (Wildman–Crippen MR) is 104 cm³/mol. The standard InChI is InChI=1S/C19H22N4O3S/c1-3-10-23(12-17(24)20-14-7-4-5-9-16(14)27-2)13-18-21-22-19(26-18)15-8-6-11-25-15/h4-9,11H,3,10,12-13H2,1-2H3,(H,20,24)/p+1. The summed E-state index contributed by atoms with van der Waals surface area (Å²) in [6.07, 6.45) is 4.50. The molecule has 0 aliphatic heterocycles. The lowest BCUT2D eigenvalue weighted by molar-refractivity contribution is -0.907. The van der Waals surface area contributed by atoms with Gasteiger partial charge in [0.1, 0.15) is 0 Å². The van der Waals surface area contributed by atoms with Crippen LogP contribution in [-0.4, -0.2) is 35.4 Å². The summed E-state index contributed by atoms with van der Waals surface area (Å²) in [5, 5.41) is 11.1. The van der Waals surface area contributed by atoms with Crippen LogP contribution in [0, 0.1) is 0 Å². The van der Waals surface area contributed by atoms with Crippen LogP contribution >= 0.6 is 11.8 Å². The van der Waals surface area contributed by atoms with Gasteiger partial charge in [0.15, 0.2) is 18.8 Å². The molecule has 1 atom stereocenters. The number of anilines is 1. The summed E-state index contributed by atoms with van der Waals surface area (Å²) < 4.78 is 10.9. The third-order valence-electron chi connectivity index (χ3n) is 4.00. The molecule has 1 unspecified atom stereocenters. The smallest absolute Gasteiger partial charge is 0.283 e. The number of nitrogens with zero attached hydrogens (tertiary/aromatic N) is 2. The summed E-state index contributed by atoms with van der Waals surface area (Å²) in [5.74, 6) is 1.34. The van der Waals surface area contributed by atoms with Crippen LogP contribution in [0.2, 0.25) is 0 Å². The number of rotatable bonds is 9. The number of carbonyl (C=O) groups is 1. The number of hydrogen-bond donors (Lipinski definition) is 2. The third-order valence-corrected chi connectivity index (χ3v) is 4.79. The first-order valence-electron chi connectivity index (χ1n) is 8.82. The van der Waals surface area contributed by atoms with Crippen molar-refractivity contribution in [3.63, 3.8) is 0 Å². The molecule has 0 bridgehead atoms. The Kier molecular flexibility index (Phi) is 6.67. The number of aromatic nitrogens is 2. The van der Waals surface area contributed by atoms with Gasteiger partial charge >= 0.3 is 0 Å². The normalized spacial score (nSPS) is 12.1. The molecule has 0 spiro atoms. The van der Waals surface area contributed by atoms with Gasteiger partial charge in [0.05, 0.1) is 18.5 Å². The summed E-state index contributed by atoms with van der Waals surface area (Å²) in [7, 11) is 0. The van der Waals surface area contributed by atoms with Crippen molar-refractivity contribution in [1.82, 2.24) is 10.2 Å². The molecule has 3 rings (SSSR count). The molecule has 2 N–H and O–H groups in total. The van der Waals surface area contributed by atoms with E-state index in [2.05, 4.69) is 22.4 Å². The molecule has 2 aromatic heterocycles. The van der Waals surface area contributed by atoms with Crippen molar-refractivity contribution in [2.45, 2.75) is 24.8 Å². The number of carbonyl (C=O) groups excluding carboxylic acids is 1. The van der Waals surface area contributed by atoms with E-state index in [1.54, 1.807) is 30.2 Å². The van der Waals surface area contributed by atoms with Gasteiger partial charge in [0, 0.05) is 4.90 Å². The molecule has 0 saturated carbocycles. The van der Waals surface area contributed by atoms with Crippen molar-refractivity contribution in [3.05, 3.63) is 48.6 Å². The zero-order valence-electron chi connectivity index (χ0n) is 15.4. The SMILES string of the molecule is CCC[NH+](CC(=O)Nc1ccccc1SC)Cc1nnc(-c2ccco2)o1. The van der Waals surface area contributed by atoms with Gasteiger partial charge < -0.3 is 19.1 Å². The molecule has 0 aliphatic rings. The van der Waals surface area contributed by atoms with Crippen LogP contribution in [0.4, 0.5) is 5.69 Å². The maximum atomic E-state index is 12.5. The molecule has 0 aliphatic carbocycles. The molecule has 142 valence electrons. The van der Waals surface area contributed by atoms with Crippen LogP contribution in [0.15, 0.2) is 56.4 Å². The minimum absolute atomic E-state index is 0.0364. The number of hydrogen-bond acceptors (Lipinski definition) is 6. The fraction of sp³-hybridized carbons (Fsp3) is 0.316. The first-order chi connectivity index (χ1) is 13.2. The highest BCUT2D eigenvalue weighted by Gasteiger charge is 2.19. The lowest BCUT2D eigenvalue weighted by Gasteiger charge is -2.17. The zero-order chi connectivity index (χ0) is 19.1. The number of quaternary nitrogens is 1. The molecular formula is C19H23N4O3S+. The molecule has 0 saturated heterocycles. The second-order valence-electron chi connectivity index (χ2n) is 6.08. The number of benzene rings is 1. The van der Waals surface area contributed by atoms with Crippen LogP contribution in [-0.2, 0) is 11.3 Å². The number of nitrogens with one attached hydrogen (secondary N) is 2. The number of thioether (sulfide) groups is 1. The Hall–Kier alpha value is -2.58. The summed E-state index contributed by atoms with van der Waals surface area (Å²) >= 11 is 1.61. The highest BCUT2D eigenvalue weighted by atomic mass is 32.2.